The lowest BCUT2D eigenvalue weighted by Crippen LogP contribution is -2.20. The van der Waals surface area contributed by atoms with Gasteiger partial charge in [0.1, 0.15) is 12.5 Å². The van der Waals surface area contributed by atoms with Crippen LogP contribution in [0.3, 0.4) is 0 Å². The van der Waals surface area contributed by atoms with Gasteiger partial charge in [0.15, 0.2) is 0 Å². The number of rotatable bonds is 1. The topological polar surface area (TPSA) is 17.1 Å². The number of alkyl halides is 4. The van der Waals surface area contributed by atoms with Gasteiger partial charge >= 0.3 is 6.18 Å². The third kappa shape index (κ3) is 1.96. The smallest absolute Gasteiger partial charge is 0.298 e. The standard InChI is InChI=1S/C8H6F4O/c9-7-3-1-2-6(5(7)4-13)8(10,11)12/h1-2,4,7H,3H2. The van der Waals surface area contributed by atoms with Crippen LogP contribution in [-0.4, -0.2) is 18.6 Å². The maximum atomic E-state index is 12.8. The van der Waals surface area contributed by atoms with E-state index in [4.69, 9.17) is 0 Å². The van der Waals surface area contributed by atoms with Crippen LogP contribution in [0.25, 0.3) is 0 Å². The van der Waals surface area contributed by atoms with Crippen LogP contribution < -0.4 is 0 Å². The average Bonchev–Trinajstić information content (AvgIpc) is 2.02. The third-order valence-electron chi connectivity index (χ3n) is 1.71. The number of halogens is 4. The van der Waals surface area contributed by atoms with Crippen molar-refractivity contribution in [2.45, 2.75) is 18.8 Å². The predicted molar refractivity (Wildman–Crippen MR) is 37.8 cm³/mol. The van der Waals surface area contributed by atoms with Crippen molar-refractivity contribution < 1.29 is 22.4 Å². The maximum Gasteiger partial charge on any atom is 0.416 e. The molecule has 0 saturated heterocycles. The van der Waals surface area contributed by atoms with Crippen LogP contribution in [0, 0.1) is 0 Å². The molecule has 1 aliphatic rings. The highest BCUT2D eigenvalue weighted by atomic mass is 19.4. The van der Waals surface area contributed by atoms with E-state index >= 15 is 0 Å². The van der Waals surface area contributed by atoms with Crippen LogP contribution >= 0.6 is 0 Å². The van der Waals surface area contributed by atoms with E-state index in [1.165, 1.54) is 0 Å². The van der Waals surface area contributed by atoms with Crippen LogP contribution in [0.2, 0.25) is 0 Å². The van der Waals surface area contributed by atoms with Crippen molar-refractivity contribution in [1.82, 2.24) is 0 Å². The molecule has 0 aromatic rings. The molecule has 1 atom stereocenters. The fourth-order valence-electron chi connectivity index (χ4n) is 1.09. The minimum atomic E-state index is -4.66. The lowest BCUT2D eigenvalue weighted by atomic mass is 9.96. The fraction of sp³-hybridized carbons (Fsp3) is 0.375. The number of aldehydes is 1. The van der Waals surface area contributed by atoms with E-state index in [1.54, 1.807) is 0 Å². The van der Waals surface area contributed by atoms with Gasteiger partial charge in [0.2, 0.25) is 0 Å². The Morgan fingerprint density at radius 1 is 1.46 bits per heavy atom. The summed E-state index contributed by atoms with van der Waals surface area (Å²) in [7, 11) is 0. The number of hydrogen-bond acceptors (Lipinski definition) is 1. The van der Waals surface area contributed by atoms with Crippen molar-refractivity contribution >= 4 is 6.29 Å². The highest BCUT2D eigenvalue weighted by Gasteiger charge is 2.37. The quantitative estimate of drug-likeness (QED) is 0.462. The summed E-state index contributed by atoms with van der Waals surface area (Å²) >= 11 is 0. The molecule has 0 amide bonds. The Bertz CT molecular complexity index is 274. The highest BCUT2D eigenvalue weighted by molar-refractivity contribution is 5.78. The van der Waals surface area contributed by atoms with Crippen LogP contribution in [0.4, 0.5) is 17.6 Å². The molecule has 0 N–H and O–H groups in total. The first-order valence-electron chi connectivity index (χ1n) is 3.54. The Kier molecular flexibility index (Phi) is 2.54. The minimum Gasteiger partial charge on any atom is -0.298 e. The zero-order valence-electron chi connectivity index (χ0n) is 6.44. The molecule has 0 fully saturated rings. The highest BCUT2D eigenvalue weighted by Crippen LogP contribution is 2.33. The Labute approximate surface area is 71.7 Å². The molecular weight excluding hydrogens is 188 g/mol. The Hall–Kier alpha value is -1.13. The molecule has 13 heavy (non-hydrogen) atoms. The second kappa shape index (κ2) is 3.32. The van der Waals surface area contributed by atoms with Crippen molar-refractivity contribution in [2.24, 2.45) is 0 Å². The average molecular weight is 194 g/mol. The van der Waals surface area contributed by atoms with Gasteiger partial charge in [0, 0.05) is 12.0 Å². The van der Waals surface area contributed by atoms with Gasteiger partial charge in [-0.15, -0.1) is 0 Å². The number of hydrogen-bond donors (Lipinski definition) is 0. The van der Waals surface area contributed by atoms with Crippen molar-refractivity contribution in [2.75, 3.05) is 0 Å². The van der Waals surface area contributed by atoms with Crippen LogP contribution in [0.5, 0.6) is 0 Å². The molecule has 0 heterocycles. The summed E-state index contributed by atoms with van der Waals surface area (Å²) in [6, 6.07) is 0. The van der Waals surface area contributed by atoms with Gasteiger partial charge in [0.25, 0.3) is 0 Å². The van der Waals surface area contributed by atoms with Crippen LogP contribution in [-0.2, 0) is 4.79 Å². The van der Waals surface area contributed by atoms with E-state index in [1.807, 2.05) is 0 Å². The zero-order chi connectivity index (χ0) is 10.1. The lowest BCUT2D eigenvalue weighted by Gasteiger charge is -2.17. The molecule has 0 aliphatic heterocycles. The number of carbonyl (C=O) groups is 1. The van der Waals surface area contributed by atoms with Gasteiger partial charge in [-0.3, -0.25) is 4.79 Å². The summed E-state index contributed by atoms with van der Waals surface area (Å²) in [4.78, 5) is 10.2. The molecule has 1 unspecified atom stereocenters. The Morgan fingerprint density at radius 3 is 2.46 bits per heavy atom. The summed E-state index contributed by atoms with van der Waals surface area (Å²) in [6.45, 7) is 0. The molecule has 0 bridgehead atoms. The van der Waals surface area contributed by atoms with Gasteiger partial charge in [-0.25, -0.2) is 4.39 Å². The summed E-state index contributed by atoms with van der Waals surface area (Å²) in [5.74, 6) is 0. The van der Waals surface area contributed by atoms with Crippen molar-refractivity contribution in [3.63, 3.8) is 0 Å². The molecule has 1 rings (SSSR count). The fourth-order valence-corrected chi connectivity index (χ4v) is 1.09. The number of carbonyl (C=O) groups excluding carboxylic acids is 1. The summed E-state index contributed by atoms with van der Waals surface area (Å²) in [6.07, 6.45) is -4.93. The minimum absolute atomic E-state index is 0.0724. The van der Waals surface area contributed by atoms with Gasteiger partial charge < -0.3 is 0 Å². The largest absolute Gasteiger partial charge is 0.416 e. The van der Waals surface area contributed by atoms with Crippen LogP contribution in [0.15, 0.2) is 23.3 Å². The van der Waals surface area contributed by atoms with E-state index in [2.05, 4.69) is 0 Å². The summed E-state index contributed by atoms with van der Waals surface area (Å²) in [5, 5.41) is 0. The summed E-state index contributed by atoms with van der Waals surface area (Å²) < 4.78 is 49.1. The van der Waals surface area contributed by atoms with E-state index in [0.29, 0.717) is 0 Å². The van der Waals surface area contributed by atoms with Crippen molar-refractivity contribution in [3.8, 4) is 0 Å². The van der Waals surface area contributed by atoms with Crippen molar-refractivity contribution in [1.29, 1.82) is 0 Å². The molecule has 0 radical (unpaired) electrons. The second-order valence-electron chi connectivity index (χ2n) is 2.59. The lowest BCUT2D eigenvalue weighted by molar-refractivity contribution is -0.108. The number of allylic oxidation sites excluding steroid dienone is 4. The molecule has 1 nitrogen and oxygen atoms in total. The van der Waals surface area contributed by atoms with E-state index in [0.717, 1.165) is 12.2 Å². The van der Waals surface area contributed by atoms with Crippen LogP contribution in [0.1, 0.15) is 6.42 Å². The zero-order valence-corrected chi connectivity index (χ0v) is 6.44. The second-order valence-corrected chi connectivity index (χ2v) is 2.59. The third-order valence-corrected chi connectivity index (χ3v) is 1.71. The first-order valence-corrected chi connectivity index (χ1v) is 3.54. The molecule has 0 spiro atoms. The SMILES string of the molecule is O=CC1=C(C(F)(F)F)C=CCC1F. The molecule has 0 aromatic heterocycles. The molecular formula is C8H6F4O. The van der Waals surface area contributed by atoms with E-state index in [9.17, 15) is 22.4 Å². The predicted octanol–water partition coefficient (Wildman–Crippen LogP) is 2.34. The molecule has 72 valence electrons. The van der Waals surface area contributed by atoms with Gasteiger partial charge in [-0.1, -0.05) is 12.2 Å². The van der Waals surface area contributed by atoms with E-state index in [-0.39, 0.29) is 12.7 Å². The first kappa shape index (κ1) is 9.95. The molecule has 5 heteroatoms. The van der Waals surface area contributed by atoms with E-state index < -0.39 is 23.5 Å². The normalized spacial score (nSPS) is 23.5. The maximum absolute atomic E-state index is 12.8. The van der Waals surface area contributed by atoms with Gasteiger partial charge in [-0.2, -0.15) is 13.2 Å². The molecule has 1 aliphatic carbocycles. The van der Waals surface area contributed by atoms with Crippen molar-refractivity contribution in [3.05, 3.63) is 23.3 Å². The first-order chi connectivity index (χ1) is 5.96. The van der Waals surface area contributed by atoms with Gasteiger partial charge in [0.05, 0.1) is 5.57 Å². The molecule has 0 saturated carbocycles. The Balaban J connectivity index is 3.15. The monoisotopic (exact) mass is 194 g/mol. The van der Waals surface area contributed by atoms with Gasteiger partial charge in [-0.05, 0) is 0 Å². The molecule has 0 aromatic carbocycles. The summed E-state index contributed by atoms with van der Waals surface area (Å²) in [5.41, 5.74) is -1.99. The Morgan fingerprint density at radius 2 is 2.08 bits per heavy atom.